The highest BCUT2D eigenvalue weighted by atomic mass is 16.3. The minimum atomic E-state index is 0.363. The van der Waals surface area contributed by atoms with Crippen LogP contribution in [-0.2, 0) is 0 Å². The van der Waals surface area contributed by atoms with Crippen LogP contribution in [0.2, 0.25) is 0 Å². The normalized spacial score (nSPS) is 18.2. The molecule has 3 heteroatoms. The van der Waals surface area contributed by atoms with E-state index in [1.807, 2.05) is 12.1 Å². The lowest BCUT2D eigenvalue weighted by atomic mass is 9.92. The number of nitrogens with two attached hydrogens (primary N) is 1. The molecule has 0 aliphatic carbocycles. The molecule has 1 atom stereocenters. The topological polar surface area (TPSA) is 49.5 Å². The van der Waals surface area contributed by atoms with Crippen molar-refractivity contribution in [2.24, 2.45) is 5.73 Å². The van der Waals surface area contributed by atoms with Gasteiger partial charge in [0, 0.05) is 6.04 Å². The van der Waals surface area contributed by atoms with Gasteiger partial charge >= 0.3 is 0 Å². The Morgan fingerprint density at radius 2 is 1.78 bits per heavy atom. The van der Waals surface area contributed by atoms with Gasteiger partial charge in [-0.3, -0.25) is 4.90 Å². The minimum Gasteiger partial charge on any atom is -0.508 e. The fourth-order valence-corrected chi connectivity index (χ4v) is 3.20. The standard InChI is InChI=1S/C15H24N2O/c1-11-9-13(18)10-12(2)15(11)14(5-6-16)17-7-3-4-8-17/h9-10,14,18H,3-8,16H2,1-2H3. The molecule has 0 saturated carbocycles. The fourth-order valence-electron chi connectivity index (χ4n) is 3.20. The Hall–Kier alpha value is -1.06. The van der Waals surface area contributed by atoms with Gasteiger partial charge in [0.05, 0.1) is 0 Å². The van der Waals surface area contributed by atoms with Crippen molar-refractivity contribution in [3.63, 3.8) is 0 Å². The lowest BCUT2D eigenvalue weighted by Gasteiger charge is -2.30. The van der Waals surface area contributed by atoms with Crippen LogP contribution >= 0.6 is 0 Å². The van der Waals surface area contributed by atoms with Crippen LogP contribution in [0.1, 0.15) is 42.0 Å². The molecule has 0 bridgehead atoms. The van der Waals surface area contributed by atoms with Crippen molar-refractivity contribution < 1.29 is 5.11 Å². The van der Waals surface area contributed by atoms with Crippen LogP contribution in [0.15, 0.2) is 12.1 Å². The van der Waals surface area contributed by atoms with Gasteiger partial charge in [0.15, 0.2) is 0 Å². The lowest BCUT2D eigenvalue weighted by Crippen LogP contribution is -2.28. The molecule has 1 aromatic rings. The first kappa shape index (κ1) is 13.4. The number of aromatic hydroxyl groups is 1. The highest BCUT2D eigenvalue weighted by Crippen LogP contribution is 2.33. The molecule has 0 aromatic heterocycles. The van der Waals surface area contributed by atoms with Gasteiger partial charge in [-0.05, 0) is 81.6 Å². The summed E-state index contributed by atoms with van der Waals surface area (Å²) >= 11 is 0. The SMILES string of the molecule is Cc1cc(O)cc(C)c1C(CCN)N1CCCC1. The van der Waals surface area contributed by atoms with E-state index in [1.54, 1.807) is 0 Å². The number of phenolic OH excluding ortho intramolecular Hbond substituents is 1. The van der Waals surface area contributed by atoms with Crippen LogP contribution in [0.3, 0.4) is 0 Å². The molecule has 3 N–H and O–H groups in total. The van der Waals surface area contributed by atoms with Crippen LogP contribution in [0.5, 0.6) is 5.75 Å². The molecule has 2 rings (SSSR count). The summed E-state index contributed by atoms with van der Waals surface area (Å²) in [5.41, 5.74) is 9.51. The van der Waals surface area contributed by atoms with E-state index in [9.17, 15) is 5.11 Å². The van der Waals surface area contributed by atoms with Crippen molar-refractivity contribution in [3.8, 4) is 5.75 Å². The van der Waals surface area contributed by atoms with Crippen LogP contribution in [0.25, 0.3) is 0 Å². The molecule has 1 fully saturated rings. The number of hydrogen-bond donors (Lipinski definition) is 2. The number of benzene rings is 1. The maximum Gasteiger partial charge on any atom is 0.116 e. The molecule has 1 aliphatic heterocycles. The Morgan fingerprint density at radius 1 is 1.22 bits per heavy atom. The number of likely N-dealkylation sites (tertiary alicyclic amines) is 1. The van der Waals surface area contributed by atoms with E-state index >= 15 is 0 Å². The molecule has 1 heterocycles. The van der Waals surface area contributed by atoms with E-state index < -0.39 is 0 Å². The summed E-state index contributed by atoms with van der Waals surface area (Å²) in [6.45, 7) is 7.22. The Labute approximate surface area is 110 Å². The van der Waals surface area contributed by atoms with Crippen molar-refractivity contribution in [2.45, 2.75) is 39.2 Å². The van der Waals surface area contributed by atoms with Gasteiger partial charge in [0.2, 0.25) is 0 Å². The van der Waals surface area contributed by atoms with Gasteiger partial charge in [-0.15, -0.1) is 0 Å². The zero-order valence-corrected chi connectivity index (χ0v) is 11.4. The maximum atomic E-state index is 9.66. The van der Waals surface area contributed by atoms with Gasteiger partial charge in [-0.1, -0.05) is 0 Å². The van der Waals surface area contributed by atoms with Crippen molar-refractivity contribution in [2.75, 3.05) is 19.6 Å². The molecule has 0 spiro atoms. The van der Waals surface area contributed by atoms with Crippen molar-refractivity contribution in [1.29, 1.82) is 0 Å². The predicted octanol–water partition coefficient (Wildman–Crippen LogP) is 2.49. The summed E-state index contributed by atoms with van der Waals surface area (Å²) in [6, 6.07) is 4.14. The van der Waals surface area contributed by atoms with E-state index in [-0.39, 0.29) is 0 Å². The van der Waals surface area contributed by atoms with Crippen molar-refractivity contribution >= 4 is 0 Å². The van der Waals surface area contributed by atoms with Gasteiger partial charge < -0.3 is 10.8 Å². The summed E-state index contributed by atoms with van der Waals surface area (Å²) in [4.78, 5) is 2.54. The average molecular weight is 248 g/mol. The zero-order chi connectivity index (χ0) is 13.1. The highest BCUT2D eigenvalue weighted by molar-refractivity contribution is 5.42. The van der Waals surface area contributed by atoms with E-state index in [0.29, 0.717) is 18.3 Å². The highest BCUT2D eigenvalue weighted by Gasteiger charge is 2.25. The first-order valence-electron chi connectivity index (χ1n) is 6.87. The lowest BCUT2D eigenvalue weighted by molar-refractivity contribution is 0.234. The number of hydrogen-bond acceptors (Lipinski definition) is 3. The van der Waals surface area contributed by atoms with Crippen LogP contribution < -0.4 is 5.73 Å². The first-order chi connectivity index (χ1) is 8.63. The van der Waals surface area contributed by atoms with E-state index in [2.05, 4.69) is 18.7 Å². The molecule has 18 heavy (non-hydrogen) atoms. The Balaban J connectivity index is 2.35. The van der Waals surface area contributed by atoms with Gasteiger partial charge in [0.25, 0.3) is 0 Å². The van der Waals surface area contributed by atoms with Crippen molar-refractivity contribution in [1.82, 2.24) is 4.90 Å². The Kier molecular flexibility index (Phi) is 4.25. The van der Waals surface area contributed by atoms with Crippen LogP contribution in [-0.4, -0.2) is 29.6 Å². The Bertz CT molecular complexity index is 388. The van der Waals surface area contributed by atoms with E-state index in [1.165, 1.54) is 42.6 Å². The molecule has 0 amide bonds. The second-order valence-corrected chi connectivity index (χ2v) is 5.33. The molecule has 3 nitrogen and oxygen atoms in total. The third kappa shape index (κ3) is 2.68. The minimum absolute atomic E-state index is 0.363. The Morgan fingerprint density at radius 3 is 2.28 bits per heavy atom. The number of rotatable bonds is 4. The summed E-state index contributed by atoms with van der Waals surface area (Å²) in [5, 5.41) is 9.66. The summed E-state index contributed by atoms with van der Waals surface area (Å²) in [6.07, 6.45) is 3.57. The maximum absolute atomic E-state index is 9.66. The van der Waals surface area contributed by atoms with Gasteiger partial charge in [-0.25, -0.2) is 0 Å². The molecular formula is C15H24N2O. The second-order valence-electron chi connectivity index (χ2n) is 5.33. The molecule has 100 valence electrons. The molecule has 0 radical (unpaired) electrons. The molecule has 1 unspecified atom stereocenters. The summed E-state index contributed by atoms with van der Waals surface area (Å²) < 4.78 is 0. The number of nitrogens with zero attached hydrogens (tertiary/aromatic N) is 1. The zero-order valence-electron chi connectivity index (χ0n) is 11.4. The molecule has 1 saturated heterocycles. The monoisotopic (exact) mass is 248 g/mol. The smallest absolute Gasteiger partial charge is 0.116 e. The largest absolute Gasteiger partial charge is 0.508 e. The van der Waals surface area contributed by atoms with E-state index in [0.717, 1.165) is 6.42 Å². The average Bonchev–Trinajstić information content (AvgIpc) is 2.79. The first-order valence-corrected chi connectivity index (χ1v) is 6.87. The van der Waals surface area contributed by atoms with Crippen molar-refractivity contribution in [3.05, 3.63) is 28.8 Å². The number of aryl methyl sites for hydroxylation is 2. The van der Waals surface area contributed by atoms with E-state index in [4.69, 9.17) is 5.73 Å². The van der Waals surface area contributed by atoms with Gasteiger partial charge in [-0.2, -0.15) is 0 Å². The molecule has 1 aromatic carbocycles. The van der Waals surface area contributed by atoms with Crippen LogP contribution in [0, 0.1) is 13.8 Å². The second kappa shape index (κ2) is 5.72. The summed E-state index contributed by atoms with van der Waals surface area (Å²) in [5.74, 6) is 0.363. The quantitative estimate of drug-likeness (QED) is 0.860. The third-order valence-electron chi connectivity index (χ3n) is 3.93. The third-order valence-corrected chi connectivity index (χ3v) is 3.93. The summed E-state index contributed by atoms with van der Waals surface area (Å²) in [7, 11) is 0. The van der Waals surface area contributed by atoms with Crippen LogP contribution in [0.4, 0.5) is 0 Å². The molecule has 1 aliphatic rings. The predicted molar refractivity (Wildman–Crippen MR) is 74.8 cm³/mol. The number of phenols is 1. The fraction of sp³-hybridized carbons (Fsp3) is 0.600. The van der Waals surface area contributed by atoms with Gasteiger partial charge in [0.1, 0.15) is 5.75 Å². The molecular weight excluding hydrogens is 224 g/mol.